The van der Waals surface area contributed by atoms with E-state index in [1.165, 1.54) is 0 Å². The lowest BCUT2D eigenvalue weighted by atomic mass is 9.88. The van der Waals surface area contributed by atoms with Gasteiger partial charge in [0.15, 0.2) is 0 Å². The first-order chi connectivity index (χ1) is 13.9. The molecule has 1 aliphatic rings. The van der Waals surface area contributed by atoms with Gasteiger partial charge in [0.2, 0.25) is 5.95 Å². The van der Waals surface area contributed by atoms with E-state index in [1.807, 2.05) is 43.4 Å². The number of hydrogen-bond acceptors (Lipinski definition) is 6. The first-order valence-electron chi connectivity index (χ1n) is 10.4. The van der Waals surface area contributed by atoms with Crippen molar-refractivity contribution in [2.45, 2.75) is 32.6 Å². The van der Waals surface area contributed by atoms with Crippen LogP contribution in [-0.4, -0.2) is 62.8 Å². The molecule has 0 N–H and O–H groups in total. The van der Waals surface area contributed by atoms with Gasteiger partial charge in [-0.3, -0.25) is 0 Å². The number of aromatic nitrogens is 2. The summed E-state index contributed by atoms with van der Waals surface area (Å²) in [7, 11) is 7.34. The fourth-order valence-corrected chi connectivity index (χ4v) is 4.13. The number of benzene rings is 1. The molecule has 6 heteroatoms. The van der Waals surface area contributed by atoms with Crippen LogP contribution in [0.25, 0.3) is 11.1 Å². The van der Waals surface area contributed by atoms with Crippen LogP contribution in [0.2, 0.25) is 0 Å². The Bertz CT molecular complexity index is 792. The SMILES string of the molecule is COc1cccc(OC)c1-c1cnc(N(C)C)nc1C1CCN(CC(C)C)CC1. The van der Waals surface area contributed by atoms with E-state index in [0.29, 0.717) is 11.8 Å². The molecule has 158 valence electrons. The van der Waals surface area contributed by atoms with E-state index >= 15 is 0 Å². The molecule has 3 rings (SSSR count). The fourth-order valence-electron chi connectivity index (χ4n) is 4.13. The highest BCUT2D eigenvalue weighted by molar-refractivity contribution is 5.78. The molecule has 29 heavy (non-hydrogen) atoms. The van der Waals surface area contributed by atoms with Crippen molar-refractivity contribution in [2.75, 3.05) is 52.8 Å². The Balaban J connectivity index is 2.02. The molecule has 0 unspecified atom stereocenters. The summed E-state index contributed by atoms with van der Waals surface area (Å²) in [5.74, 6) is 3.39. The highest BCUT2D eigenvalue weighted by atomic mass is 16.5. The standard InChI is InChI=1S/C23H34N4O2/c1-16(2)15-27-12-10-17(11-13-27)22-18(14-24-23(25-22)26(3)4)21-19(28-5)8-7-9-20(21)29-6/h7-9,14,16-17H,10-13,15H2,1-6H3. The maximum Gasteiger partial charge on any atom is 0.225 e. The van der Waals surface area contributed by atoms with Crippen LogP contribution in [0.4, 0.5) is 5.95 Å². The molecule has 0 spiro atoms. The largest absolute Gasteiger partial charge is 0.496 e. The van der Waals surface area contributed by atoms with Crippen molar-refractivity contribution in [2.24, 2.45) is 5.92 Å². The van der Waals surface area contributed by atoms with Gasteiger partial charge in [-0.1, -0.05) is 19.9 Å². The molecule has 2 heterocycles. The van der Waals surface area contributed by atoms with Crippen LogP contribution in [0.1, 0.15) is 38.3 Å². The molecule has 0 atom stereocenters. The number of methoxy groups -OCH3 is 2. The van der Waals surface area contributed by atoms with Gasteiger partial charge in [0.25, 0.3) is 0 Å². The van der Waals surface area contributed by atoms with Crippen LogP contribution in [0.15, 0.2) is 24.4 Å². The Morgan fingerprint density at radius 3 is 2.24 bits per heavy atom. The molecule has 0 amide bonds. The summed E-state index contributed by atoms with van der Waals surface area (Å²) < 4.78 is 11.3. The molecule has 6 nitrogen and oxygen atoms in total. The summed E-state index contributed by atoms with van der Waals surface area (Å²) >= 11 is 0. The van der Waals surface area contributed by atoms with Crippen LogP contribution in [-0.2, 0) is 0 Å². The van der Waals surface area contributed by atoms with Gasteiger partial charge in [-0.05, 0) is 44.0 Å². The molecular formula is C23H34N4O2. The van der Waals surface area contributed by atoms with Gasteiger partial charge in [-0.2, -0.15) is 0 Å². The highest BCUT2D eigenvalue weighted by Crippen LogP contribution is 2.43. The van der Waals surface area contributed by atoms with Crippen molar-refractivity contribution in [3.63, 3.8) is 0 Å². The van der Waals surface area contributed by atoms with Crippen molar-refractivity contribution in [1.82, 2.24) is 14.9 Å². The molecule has 1 aromatic heterocycles. The van der Waals surface area contributed by atoms with Crippen LogP contribution in [0, 0.1) is 5.92 Å². The zero-order valence-corrected chi connectivity index (χ0v) is 18.6. The molecule has 2 aromatic rings. The van der Waals surface area contributed by atoms with E-state index < -0.39 is 0 Å². The second-order valence-corrected chi connectivity index (χ2v) is 8.37. The average Bonchev–Trinajstić information content (AvgIpc) is 2.72. The van der Waals surface area contributed by atoms with Gasteiger partial charge in [0, 0.05) is 38.3 Å². The topological polar surface area (TPSA) is 50.7 Å². The zero-order valence-electron chi connectivity index (χ0n) is 18.6. The lowest BCUT2D eigenvalue weighted by Crippen LogP contribution is -2.35. The Kier molecular flexibility index (Phi) is 6.96. The lowest BCUT2D eigenvalue weighted by molar-refractivity contribution is 0.191. The monoisotopic (exact) mass is 398 g/mol. The second-order valence-electron chi connectivity index (χ2n) is 8.37. The maximum absolute atomic E-state index is 5.67. The normalized spacial score (nSPS) is 15.6. The third kappa shape index (κ3) is 4.81. The van der Waals surface area contributed by atoms with E-state index in [0.717, 1.165) is 66.7 Å². The lowest BCUT2D eigenvalue weighted by Gasteiger charge is -2.33. The van der Waals surface area contributed by atoms with Crippen LogP contribution >= 0.6 is 0 Å². The molecule has 1 fully saturated rings. The number of ether oxygens (including phenoxy) is 2. The van der Waals surface area contributed by atoms with Crippen LogP contribution in [0.5, 0.6) is 11.5 Å². The predicted octanol–water partition coefficient (Wildman–Crippen LogP) is 4.06. The quantitative estimate of drug-likeness (QED) is 0.701. The summed E-state index contributed by atoms with van der Waals surface area (Å²) in [6.07, 6.45) is 4.13. The number of piperidine rings is 1. The van der Waals surface area contributed by atoms with Crippen LogP contribution < -0.4 is 14.4 Å². The fraction of sp³-hybridized carbons (Fsp3) is 0.565. The van der Waals surface area contributed by atoms with Crippen molar-refractivity contribution < 1.29 is 9.47 Å². The minimum atomic E-state index is 0.393. The highest BCUT2D eigenvalue weighted by Gasteiger charge is 2.27. The smallest absolute Gasteiger partial charge is 0.225 e. The van der Waals surface area contributed by atoms with Gasteiger partial charge < -0.3 is 19.3 Å². The number of nitrogens with zero attached hydrogens (tertiary/aromatic N) is 4. The van der Waals surface area contributed by atoms with E-state index in [-0.39, 0.29) is 0 Å². The Labute approximate surface area is 174 Å². The third-order valence-electron chi connectivity index (χ3n) is 5.50. The van der Waals surface area contributed by atoms with E-state index in [1.54, 1.807) is 14.2 Å². The van der Waals surface area contributed by atoms with Crippen LogP contribution in [0.3, 0.4) is 0 Å². The molecule has 1 aromatic carbocycles. The van der Waals surface area contributed by atoms with Gasteiger partial charge in [-0.15, -0.1) is 0 Å². The molecule has 0 saturated carbocycles. The molecule has 1 aliphatic heterocycles. The Morgan fingerprint density at radius 2 is 1.72 bits per heavy atom. The number of rotatable bonds is 7. The number of likely N-dealkylation sites (tertiary alicyclic amines) is 1. The molecule has 0 radical (unpaired) electrons. The maximum atomic E-state index is 5.67. The minimum absolute atomic E-state index is 0.393. The number of anilines is 1. The van der Waals surface area contributed by atoms with Crippen molar-refractivity contribution in [3.8, 4) is 22.6 Å². The van der Waals surface area contributed by atoms with E-state index in [9.17, 15) is 0 Å². The first-order valence-corrected chi connectivity index (χ1v) is 10.4. The summed E-state index contributed by atoms with van der Waals surface area (Å²) in [4.78, 5) is 14.1. The van der Waals surface area contributed by atoms with Gasteiger partial charge in [0.1, 0.15) is 11.5 Å². The van der Waals surface area contributed by atoms with Crippen molar-refractivity contribution in [1.29, 1.82) is 0 Å². The predicted molar refractivity (Wildman–Crippen MR) is 118 cm³/mol. The summed E-state index contributed by atoms with van der Waals surface area (Å²) in [5, 5.41) is 0. The molecule has 0 bridgehead atoms. The van der Waals surface area contributed by atoms with Gasteiger partial charge >= 0.3 is 0 Å². The molecular weight excluding hydrogens is 364 g/mol. The van der Waals surface area contributed by atoms with Crippen molar-refractivity contribution in [3.05, 3.63) is 30.1 Å². The van der Waals surface area contributed by atoms with Gasteiger partial charge in [0.05, 0.1) is 25.5 Å². The van der Waals surface area contributed by atoms with E-state index in [2.05, 4.69) is 23.7 Å². The first kappa shape index (κ1) is 21.4. The molecule has 1 saturated heterocycles. The van der Waals surface area contributed by atoms with Gasteiger partial charge in [-0.25, -0.2) is 9.97 Å². The minimum Gasteiger partial charge on any atom is -0.496 e. The average molecular weight is 399 g/mol. The number of hydrogen-bond donors (Lipinski definition) is 0. The summed E-state index contributed by atoms with van der Waals surface area (Å²) in [5.41, 5.74) is 3.03. The third-order valence-corrected chi connectivity index (χ3v) is 5.50. The second kappa shape index (κ2) is 9.44. The zero-order chi connectivity index (χ0) is 21.0. The molecule has 0 aliphatic carbocycles. The summed E-state index contributed by atoms with van der Waals surface area (Å²) in [6, 6.07) is 5.87. The summed E-state index contributed by atoms with van der Waals surface area (Å²) in [6.45, 7) is 7.93. The Hall–Kier alpha value is -2.34. The van der Waals surface area contributed by atoms with E-state index in [4.69, 9.17) is 14.5 Å². The Morgan fingerprint density at radius 1 is 1.10 bits per heavy atom. The van der Waals surface area contributed by atoms with Crippen molar-refractivity contribution >= 4 is 5.95 Å².